The topological polar surface area (TPSA) is 101 Å². The van der Waals surface area contributed by atoms with E-state index in [0.29, 0.717) is 72.5 Å². The van der Waals surface area contributed by atoms with Gasteiger partial charge >= 0.3 is 5.97 Å². The van der Waals surface area contributed by atoms with Gasteiger partial charge in [0.15, 0.2) is 0 Å². The molecule has 4 rings (SSSR count). The highest BCUT2D eigenvalue weighted by Crippen LogP contribution is 2.41. The summed E-state index contributed by atoms with van der Waals surface area (Å²) in [6.07, 6.45) is 1.18. The van der Waals surface area contributed by atoms with Gasteiger partial charge < -0.3 is 25.8 Å². The fourth-order valence-electron chi connectivity index (χ4n) is 5.23. The molecule has 2 heterocycles. The molecule has 4 N–H and O–H groups in total. The molecule has 0 bridgehead atoms. The fourth-order valence-corrected chi connectivity index (χ4v) is 5.23. The number of fused-ring (bicyclic) bond motifs is 1. The molecule has 0 radical (unpaired) electrons. The number of aliphatic carboxylic acids is 1. The van der Waals surface area contributed by atoms with Gasteiger partial charge in [0.1, 0.15) is 23.6 Å². The second kappa shape index (κ2) is 12.0. The summed E-state index contributed by atoms with van der Waals surface area (Å²) < 4.78 is 47.9. The molecule has 0 spiro atoms. The predicted molar refractivity (Wildman–Crippen MR) is 140 cm³/mol. The number of likely N-dealkylation sites (tertiary alicyclic amines) is 1. The number of hydrogen-bond acceptors (Lipinski definition) is 6. The number of alkyl halides is 1. The first kappa shape index (κ1) is 27.7. The summed E-state index contributed by atoms with van der Waals surface area (Å²) in [7, 11) is 1.54. The number of rotatable bonds is 11. The molecule has 3 aromatic rings. The van der Waals surface area contributed by atoms with E-state index in [2.05, 4.69) is 15.2 Å². The summed E-state index contributed by atoms with van der Waals surface area (Å²) in [6, 6.07) is 8.52. The Morgan fingerprint density at radius 1 is 1.21 bits per heavy atom. The van der Waals surface area contributed by atoms with Gasteiger partial charge in [0.25, 0.3) is 0 Å². The molecule has 1 aromatic heterocycles. The van der Waals surface area contributed by atoms with E-state index in [-0.39, 0.29) is 19.4 Å². The number of halogens is 3. The van der Waals surface area contributed by atoms with E-state index in [4.69, 9.17) is 10.5 Å². The number of benzene rings is 2. The first-order chi connectivity index (χ1) is 18.2. The summed E-state index contributed by atoms with van der Waals surface area (Å²) in [5.74, 6) is -1.65. The lowest BCUT2D eigenvalue weighted by Crippen LogP contribution is -2.45. The molecule has 0 unspecified atom stereocenters. The first-order valence-electron chi connectivity index (χ1n) is 12.7. The SMILES string of the molecule is COc1ccc2ncc(CN)c([C@@H](F)CCC3(C(=O)O)CCN(CCNc4cc(F)cc(F)c4)CC3)c2c1. The molecule has 1 fully saturated rings. The fraction of sp³-hybridized carbons (Fsp3) is 0.429. The highest BCUT2D eigenvalue weighted by atomic mass is 19.1. The average Bonchev–Trinajstić information content (AvgIpc) is 2.90. The number of nitrogens with one attached hydrogen (secondary N) is 1. The van der Waals surface area contributed by atoms with E-state index in [9.17, 15) is 18.7 Å². The lowest BCUT2D eigenvalue weighted by molar-refractivity contribution is -0.153. The highest BCUT2D eigenvalue weighted by Gasteiger charge is 2.41. The predicted octanol–water partition coefficient (Wildman–Crippen LogP) is 5.05. The van der Waals surface area contributed by atoms with Gasteiger partial charge in [0.05, 0.1) is 18.0 Å². The smallest absolute Gasteiger partial charge is 0.309 e. The van der Waals surface area contributed by atoms with Crippen LogP contribution in [0.25, 0.3) is 10.9 Å². The van der Waals surface area contributed by atoms with Gasteiger partial charge in [-0.15, -0.1) is 0 Å². The van der Waals surface area contributed by atoms with Gasteiger partial charge in [-0.3, -0.25) is 9.78 Å². The number of hydrogen-bond donors (Lipinski definition) is 3. The molecule has 1 aliphatic rings. The van der Waals surface area contributed by atoms with Crippen LogP contribution in [0.4, 0.5) is 18.9 Å². The van der Waals surface area contributed by atoms with Crippen molar-refractivity contribution in [2.75, 3.05) is 38.6 Å². The Labute approximate surface area is 219 Å². The second-order valence-corrected chi connectivity index (χ2v) is 9.80. The van der Waals surface area contributed by atoms with Crippen LogP contribution in [0.2, 0.25) is 0 Å². The molecule has 0 amide bonds. The molecule has 7 nitrogen and oxygen atoms in total. The number of carboxylic acid groups (broad SMARTS) is 1. The standard InChI is InChI=1S/C28H33F3N4O3/c1-38-22-2-3-25-23(15-22)26(18(16-32)17-34-25)24(31)4-5-28(27(36)37)6-9-35(10-7-28)11-8-33-21-13-19(29)12-20(30)14-21/h2-3,12-15,17,24,33H,4-11,16,32H2,1H3,(H,36,37)/t24-/m0/s1. The van der Waals surface area contributed by atoms with E-state index in [0.717, 1.165) is 6.07 Å². The van der Waals surface area contributed by atoms with Crippen molar-refractivity contribution in [3.05, 3.63) is 65.4 Å². The van der Waals surface area contributed by atoms with Crippen LogP contribution in [-0.2, 0) is 11.3 Å². The van der Waals surface area contributed by atoms with Crippen molar-refractivity contribution in [3.63, 3.8) is 0 Å². The van der Waals surface area contributed by atoms with E-state index >= 15 is 4.39 Å². The van der Waals surface area contributed by atoms with Gasteiger partial charge in [-0.25, -0.2) is 13.2 Å². The van der Waals surface area contributed by atoms with Gasteiger partial charge in [0, 0.05) is 48.5 Å². The van der Waals surface area contributed by atoms with Gasteiger partial charge in [0.2, 0.25) is 0 Å². The van der Waals surface area contributed by atoms with Crippen LogP contribution in [0.15, 0.2) is 42.6 Å². The number of methoxy groups -OCH3 is 1. The number of ether oxygens (including phenoxy) is 1. The Morgan fingerprint density at radius 2 is 1.92 bits per heavy atom. The number of carbonyl (C=O) groups is 1. The van der Waals surface area contributed by atoms with Crippen LogP contribution < -0.4 is 15.8 Å². The molecule has 1 aliphatic heterocycles. The Bertz CT molecular complexity index is 1260. The zero-order valence-electron chi connectivity index (χ0n) is 21.4. The lowest BCUT2D eigenvalue weighted by atomic mass is 9.74. The van der Waals surface area contributed by atoms with Gasteiger partial charge in [-0.1, -0.05) is 0 Å². The summed E-state index contributed by atoms with van der Waals surface area (Å²) in [5, 5.41) is 13.7. The number of nitrogens with two attached hydrogens (primary N) is 1. The quantitative estimate of drug-likeness (QED) is 0.319. The summed E-state index contributed by atoms with van der Waals surface area (Å²) in [4.78, 5) is 18.8. The number of anilines is 1. The third kappa shape index (κ3) is 6.19. The van der Waals surface area contributed by atoms with Crippen molar-refractivity contribution in [1.82, 2.24) is 9.88 Å². The largest absolute Gasteiger partial charge is 0.497 e. The van der Waals surface area contributed by atoms with Crippen LogP contribution in [0.5, 0.6) is 5.75 Å². The molecule has 10 heteroatoms. The van der Waals surface area contributed by atoms with Crippen molar-refractivity contribution in [1.29, 1.82) is 0 Å². The van der Waals surface area contributed by atoms with E-state index in [1.165, 1.54) is 19.2 Å². The number of pyridine rings is 1. The third-order valence-corrected chi connectivity index (χ3v) is 7.50. The van der Waals surface area contributed by atoms with Crippen molar-refractivity contribution in [2.45, 2.75) is 38.4 Å². The van der Waals surface area contributed by atoms with Gasteiger partial charge in [-0.05, 0) is 74.7 Å². The maximum Gasteiger partial charge on any atom is 0.309 e. The normalized spacial score (nSPS) is 16.3. The van der Waals surface area contributed by atoms with Crippen LogP contribution >= 0.6 is 0 Å². The summed E-state index contributed by atoms with van der Waals surface area (Å²) >= 11 is 0. The Balaban J connectivity index is 1.39. The minimum absolute atomic E-state index is 0.0440. The molecule has 38 heavy (non-hydrogen) atoms. The minimum Gasteiger partial charge on any atom is -0.497 e. The number of carboxylic acids is 1. The van der Waals surface area contributed by atoms with Gasteiger partial charge in [-0.2, -0.15) is 0 Å². The molecule has 2 aromatic carbocycles. The molecule has 0 aliphatic carbocycles. The highest BCUT2D eigenvalue weighted by molar-refractivity contribution is 5.85. The van der Waals surface area contributed by atoms with E-state index < -0.39 is 29.2 Å². The maximum absolute atomic E-state index is 15.8. The van der Waals surface area contributed by atoms with Crippen molar-refractivity contribution in [3.8, 4) is 5.75 Å². The molecule has 1 atom stereocenters. The van der Waals surface area contributed by atoms with Crippen LogP contribution in [0.1, 0.15) is 43.0 Å². The third-order valence-electron chi connectivity index (χ3n) is 7.50. The Hall–Kier alpha value is -3.37. The molecule has 1 saturated heterocycles. The average molecular weight is 531 g/mol. The van der Waals surface area contributed by atoms with E-state index in [1.54, 1.807) is 24.4 Å². The van der Waals surface area contributed by atoms with Crippen molar-refractivity contribution >= 4 is 22.6 Å². The maximum atomic E-state index is 15.8. The monoisotopic (exact) mass is 530 g/mol. The van der Waals surface area contributed by atoms with E-state index in [1.807, 2.05) is 0 Å². The van der Waals surface area contributed by atoms with Crippen LogP contribution in [0, 0.1) is 17.0 Å². The first-order valence-corrected chi connectivity index (χ1v) is 12.7. The Morgan fingerprint density at radius 3 is 2.55 bits per heavy atom. The molecule has 204 valence electrons. The Kier molecular flexibility index (Phi) is 8.73. The lowest BCUT2D eigenvalue weighted by Gasteiger charge is -2.39. The number of aromatic nitrogens is 1. The molecule has 0 saturated carbocycles. The van der Waals surface area contributed by atoms with Crippen LogP contribution in [-0.4, -0.2) is 54.2 Å². The van der Waals surface area contributed by atoms with Crippen molar-refractivity contribution in [2.24, 2.45) is 11.1 Å². The molecular weight excluding hydrogens is 497 g/mol. The zero-order valence-corrected chi connectivity index (χ0v) is 21.4. The zero-order chi connectivity index (χ0) is 27.3. The summed E-state index contributed by atoms with van der Waals surface area (Å²) in [5.41, 5.74) is 6.87. The molecular formula is C28H33F3N4O3. The number of nitrogens with zero attached hydrogens (tertiary/aromatic N) is 2. The minimum atomic E-state index is -1.41. The number of piperidine rings is 1. The van der Waals surface area contributed by atoms with Crippen LogP contribution in [0.3, 0.4) is 0 Å². The van der Waals surface area contributed by atoms with Crippen molar-refractivity contribution < 1.29 is 27.8 Å². The summed E-state index contributed by atoms with van der Waals surface area (Å²) in [6.45, 7) is 2.23. The second-order valence-electron chi connectivity index (χ2n) is 9.80.